The van der Waals surface area contributed by atoms with Crippen LogP contribution in [0.2, 0.25) is 0 Å². The van der Waals surface area contributed by atoms with Crippen LogP contribution in [0.1, 0.15) is 17.9 Å². The number of methoxy groups -OCH3 is 4. The Morgan fingerprint density at radius 3 is 2.09 bits per heavy atom. The molecule has 0 aromatic heterocycles. The minimum absolute atomic E-state index is 0.134. The number of likely N-dealkylation sites (N-methyl/N-ethyl adjacent to an activating group) is 1. The highest BCUT2D eigenvalue weighted by Gasteiger charge is 2.46. The van der Waals surface area contributed by atoms with Gasteiger partial charge in [-0.15, -0.1) is 0 Å². The molecule has 1 aromatic rings. The molecular weight excluding hydrogens is 302 g/mol. The van der Waals surface area contributed by atoms with Gasteiger partial charge >= 0.3 is 5.97 Å². The van der Waals surface area contributed by atoms with E-state index in [9.17, 15) is 9.59 Å². The van der Waals surface area contributed by atoms with Crippen molar-refractivity contribution < 1.29 is 28.5 Å². The van der Waals surface area contributed by atoms with Crippen LogP contribution in [0.15, 0.2) is 12.1 Å². The van der Waals surface area contributed by atoms with E-state index in [1.165, 1.54) is 33.3 Å². The van der Waals surface area contributed by atoms with E-state index in [4.69, 9.17) is 18.9 Å². The highest BCUT2D eigenvalue weighted by atomic mass is 16.5. The number of carbonyl (C=O) groups is 2. The zero-order valence-corrected chi connectivity index (χ0v) is 13.9. The average Bonchev–Trinajstić information content (AvgIpc) is 2.87. The van der Waals surface area contributed by atoms with E-state index in [0.29, 0.717) is 22.8 Å². The van der Waals surface area contributed by atoms with Crippen LogP contribution in [0.4, 0.5) is 0 Å². The molecule has 0 bridgehead atoms. The van der Waals surface area contributed by atoms with Gasteiger partial charge in [-0.05, 0) is 0 Å². The first-order valence-electron chi connectivity index (χ1n) is 7.11. The Morgan fingerprint density at radius 2 is 1.65 bits per heavy atom. The second-order valence-corrected chi connectivity index (χ2v) is 5.23. The first-order valence-corrected chi connectivity index (χ1v) is 7.11. The summed E-state index contributed by atoms with van der Waals surface area (Å²) in [5, 5.41) is 0. The van der Waals surface area contributed by atoms with Gasteiger partial charge in [0.1, 0.15) is 23.3 Å². The quantitative estimate of drug-likeness (QED) is 0.758. The van der Waals surface area contributed by atoms with Crippen molar-refractivity contribution in [2.75, 3.05) is 35.5 Å². The summed E-state index contributed by atoms with van der Waals surface area (Å²) in [6.07, 6.45) is 0.176. The Kier molecular flexibility index (Phi) is 4.98. The molecule has 1 aromatic carbocycles. The standard InChI is InChI=1S/C16H21NO6/c1-17-13(18)8-10(15(17)16(19)23-5)14-11(21-3)6-9(20-2)7-12(14)22-4/h6-7,10,15H,8H2,1-5H3/t10-,15+/m0/s1. The summed E-state index contributed by atoms with van der Waals surface area (Å²) in [5.74, 6) is 0.547. The van der Waals surface area contributed by atoms with Crippen molar-refractivity contribution in [3.05, 3.63) is 17.7 Å². The molecule has 0 saturated carbocycles. The maximum absolute atomic E-state index is 12.2. The van der Waals surface area contributed by atoms with E-state index in [2.05, 4.69) is 0 Å². The molecule has 2 atom stereocenters. The van der Waals surface area contributed by atoms with Crippen LogP contribution in [0.3, 0.4) is 0 Å². The summed E-state index contributed by atoms with van der Waals surface area (Å²) in [5.41, 5.74) is 0.656. The molecule has 126 valence electrons. The topological polar surface area (TPSA) is 74.3 Å². The largest absolute Gasteiger partial charge is 0.496 e. The van der Waals surface area contributed by atoms with E-state index in [0.717, 1.165) is 0 Å². The third-order valence-electron chi connectivity index (χ3n) is 4.15. The molecule has 7 nitrogen and oxygen atoms in total. The van der Waals surface area contributed by atoms with Crippen LogP contribution in [-0.2, 0) is 14.3 Å². The number of likely N-dealkylation sites (tertiary alicyclic amines) is 1. The van der Waals surface area contributed by atoms with Crippen molar-refractivity contribution in [2.24, 2.45) is 0 Å². The van der Waals surface area contributed by atoms with Crippen molar-refractivity contribution in [3.63, 3.8) is 0 Å². The van der Waals surface area contributed by atoms with Gasteiger partial charge in [-0.25, -0.2) is 4.79 Å². The highest BCUT2D eigenvalue weighted by Crippen LogP contribution is 2.45. The number of rotatable bonds is 5. The molecule has 0 unspecified atom stereocenters. The van der Waals surface area contributed by atoms with E-state index in [-0.39, 0.29) is 12.3 Å². The van der Waals surface area contributed by atoms with Crippen LogP contribution in [0.5, 0.6) is 17.2 Å². The van der Waals surface area contributed by atoms with Crippen molar-refractivity contribution in [1.82, 2.24) is 4.90 Å². The van der Waals surface area contributed by atoms with Gasteiger partial charge in [0.05, 0.1) is 28.4 Å². The monoisotopic (exact) mass is 323 g/mol. The van der Waals surface area contributed by atoms with Crippen molar-refractivity contribution >= 4 is 11.9 Å². The third-order valence-corrected chi connectivity index (χ3v) is 4.15. The van der Waals surface area contributed by atoms with E-state index in [1.807, 2.05) is 0 Å². The maximum Gasteiger partial charge on any atom is 0.329 e. The summed E-state index contributed by atoms with van der Waals surface area (Å²) in [4.78, 5) is 25.7. The highest BCUT2D eigenvalue weighted by molar-refractivity contribution is 5.90. The maximum atomic E-state index is 12.2. The zero-order chi connectivity index (χ0) is 17.1. The van der Waals surface area contributed by atoms with Crippen molar-refractivity contribution in [1.29, 1.82) is 0 Å². The van der Waals surface area contributed by atoms with E-state index < -0.39 is 17.9 Å². The Hall–Kier alpha value is -2.44. The van der Waals surface area contributed by atoms with Gasteiger partial charge in [0.2, 0.25) is 5.91 Å². The molecule has 1 saturated heterocycles. The number of hydrogen-bond acceptors (Lipinski definition) is 6. The number of hydrogen-bond donors (Lipinski definition) is 0. The summed E-state index contributed by atoms with van der Waals surface area (Å²) in [6.45, 7) is 0. The molecule has 0 spiro atoms. The molecule has 1 amide bonds. The fraction of sp³-hybridized carbons (Fsp3) is 0.500. The lowest BCUT2D eigenvalue weighted by Gasteiger charge is -2.25. The van der Waals surface area contributed by atoms with Crippen molar-refractivity contribution in [3.8, 4) is 17.2 Å². The smallest absolute Gasteiger partial charge is 0.329 e. The second kappa shape index (κ2) is 6.76. The minimum atomic E-state index is -0.719. The minimum Gasteiger partial charge on any atom is -0.496 e. The van der Waals surface area contributed by atoms with Crippen LogP contribution in [0.25, 0.3) is 0 Å². The predicted octanol–water partition coefficient (Wildman–Crippen LogP) is 1.20. The molecule has 1 heterocycles. The third kappa shape index (κ3) is 2.91. The number of amides is 1. The number of benzene rings is 1. The predicted molar refractivity (Wildman–Crippen MR) is 82.0 cm³/mol. The van der Waals surface area contributed by atoms with Crippen LogP contribution in [-0.4, -0.2) is 58.3 Å². The first-order chi connectivity index (χ1) is 11.0. The normalized spacial score (nSPS) is 20.4. The summed E-state index contributed by atoms with van der Waals surface area (Å²) < 4.78 is 20.9. The lowest BCUT2D eigenvalue weighted by molar-refractivity contribution is -0.148. The molecule has 1 fully saturated rings. The van der Waals surface area contributed by atoms with Gasteiger partial charge in [-0.1, -0.05) is 0 Å². The lowest BCUT2D eigenvalue weighted by atomic mass is 9.89. The average molecular weight is 323 g/mol. The summed E-state index contributed by atoms with van der Waals surface area (Å²) in [6, 6.07) is 2.69. The number of ether oxygens (including phenoxy) is 4. The molecule has 0 N–H and O–H groups in total. The fourth-order valence-electron chi connectivity index (χ4n) is 2.97. The van der Waals surface area contributed by atoms with E-state index in [1.54, 1.807) is 19.2 Å². The molecule has 7 heteroatoms. The fourth-order valence-corrected chi connectivity index (χ4v) is 2.97. The Morgan fingerprint density at radius 1 is 1.09 bits per heavy atom. The number of carbonyl (C=O) groups excluding carboxylic acids is 2. The Bertz CT molecular complexity index is 590. The van der Waals surface area contributed by atoms with Crippen molar-refractivity contribution in [2.45, 2.75) is 18.4 Å². The number of esters is 1. The molecule has 0 radical (unpaired) electrons. The molecule has 0 aliphatic carbocycles. The Labute approximate surface area is 135 Å². The van der Waals surface area contributed by atoms with E-state index >= 15 is 0 Å². The lowest BCUT2D eigenvalue weighted by Crippen LogP contribution is -2.38. The zero-order valence-electron chi connectivity index (χ0n) is 13.9. The molecular formula is C16H21NO6. The summed E-state index contributed by atoms with van der Waals surface area (Å²) in [7, 11) is 7.47. The molecule has 2 rings (SSSR count). The molecule has 23 heavy (non-hydrogen) atoms. The first kappa shape index (κ1) is 16.9. The van der Waals surface area contributed by atoms with Gasteiger partial charge in [-0.2, -0.15) is 0 Å². The molecule has 1 aliphatic heterocycles. The molecule has 1 aliphatic rings. The van der Waals surface area contributed by atoms with Crippen LogP contribution in [0, 0.1) is 0 Å². The summed E-state index contributed by atoms with van der Waals surface area (Å²) >= 11 is 0. The van der Waals surface area contributed by atoms with Crippen LogP contribution >= 0.6 is 0 Å². The SMILES string of the molecule is COC(=O)[C@H]1[C@H](c2c(OC)cc(OC)cc2OC)CC(=O)N1C. The van der Waals surface area contributed by atoms with Gasteiger partial charge in [0.25, 0.3) is 0 Å². The van der Waals surface area contributed by atoms with Gasteiger partial charge in [0.15, 0.2) is 0 Å². The second-order valence-electron chi connectivity index (χ2n) is 5.23. The van der Waals surface area contributed by atoms with Gasteiger partial charge in [0, 0.05) is 37.1 Å². The van der Waals surface area contributed by atoms with Gasteiger partial charge in [-0.3, -0.25) is 4.79 Å². The van der Waals surface area contributed by atoms with Crippen LogP contribution < -0.4 is 14.2 Å². The Balaban J connectivity index is 2.59. The number of nitrogens with zero attached hydrogens (tertiary/aromatic N) is 1. The van der Waals surface area contributed by atoms with Gasteiger partial charge < -0.3 is 23.8 Å².